The SMILES string of the molecule is CCS(=O)(=O)Nc1ccc(Oc2ncccc2C(=O)NCCCOC)cc1. The standard InChI is InChI=1S/C18H23N3O5S/c1-3-27(23,24)21-14-7-9-15(10-8-14)26-18-16(6-4-11-20-18)17(22)19-12-5-13-25-2/h4,6-11,21H,3,5,12-13H2,1-2H3,(H,19,22). The predicted octanol–water partition coefficient (Wildman–Crippen LogP) is 2.40. The molecule has 0 aliphatic rings. The Morgan fingerprint density at radius 2 is 1.93 bits per heavy atom. The summed E-state index contributed by atoms with van der Waals surface area (Å²) in [5.74, 6) is 0.300. The maximum atomic E-state index is 12.3. The Balaban J connectivity index is 2.06. The number of rotatable bonds is 10. The fourth-order valence-corrected chi connectivity index (χ4v) is 2.75. The van der Waals surface area contributed by atoms with Crippen LogP contribution in [-0.2, 0) is 14.8 Å². The highest BCUT2D eigenvalue weighted by atomic mass is 32.2. The van der Waals surface area contributed by atoms with Crippen molar-refractivity contribution in [3.8, 4) is 11.6 Å². The minimum absolute atomic E-state index is 0.0119. The number of benzene rings is 1. The lowest BCUT2D eigenvalue weighted by atomic mass is 10.2. The number of hydrogen-bond acceptors (Lipinski definition) is 6. The molecule has 146 valence electrons. The van der Waals surface area contributed by atoms with Crippen LogP contribution < -0.4 is 14.8 Å². The van der Waals surface area contributed by atoms with E-state index in [9.17, 15) is 13.2 Å². The van der Waals surface area contributed by atoms with Crippen molar-refractivity contribution in [2.24, 2.45) is 0 Å². The van der Waals surface area contributed by atoms with Gasteiger partial charge in [-0.2, -0.15) is 0 Å². The monoisotopic (exact) mass is 393 g/mol. The molecule has 0 unspecified atom stereocenters. The van der Waals surface area contributed by atoms with Crippen LogP contribution in [0.4, 0.5) is 5.69 Å². The second kappa shape index (κ2) is 9.89. The Morgan fingerprint density at radius 1 is 1.19 bits per heavy atom. The molecular formula is C18H23N3O5S. The highest BCUT2D eigenvalue weighted by Gasteiger charge is 2.14. The van der Waals surface area contributed by atoms with Gasteiger partial charge in [-0.3, -0.25) is 9.52 Å². The third-order valence-corrected chi connectivity index (χ3v) is 4.86. The molecule has 2 rings (SSSR count). The molecule has 0 saturated heterocycles. The Kier molecular flexibility index (Phi) is 7.56. The number of aromatic nitrogens is 1. The van der Waals surface area contributed by atoms with E-state index in [4.69, 9.17) is 9.47 Å². The van der Waals surface area contributed by atoms with E-state index in [0.717, 1.165) is 0 Å². The first-order valence-corrected chi connectivity index (χ1v) is 10.1. The van der Waals surface area contributed by atoms with Crippen molar-refractivity contribution in [3.05, 3.63) is 48.2 Å². The first-order chi connectivity index (χ1) is 12.9. The van der Waals surface area contributed by atoms with Crippen LogP contribution in [0.3, 0.4) is 0 Å². The van der Waals surface area contributed by atoms with Gasteiger partial charge in [0.05, 0.1) is 5.75 Å². The predicted molar refractivity (Wildman–Crippen MR) is 103 cm³/mol. The van der Waals surface area contributed by atoms with Gasteiger partial charge >= 0.3 is 0 Å². The fourth-order valence-electron chi connectivity index (χ4n) is 2.11. The van der Waals surface area contributed by atoms with Crippen LogP contribution >= 0.6 is 0 Å². The van der Waals surface area contributed by atoms with Gasteiger partial charge in [0.15, 0.2) is 0 Å². The van der Waals surface area contributed by atoms with Gasteiger partial charge in [0.25, 0.3) is 5.91 Å². The molecular weight excluding hydrogens is 370 g/mol. The Bertz CT molecular complexity index is 854. The summed E-state index contributed by atoms with van der Waals surface area (Å²) >= 11 is 0. The quantitative estimate of drug-likeness (QED) is 0.600. The van der Waals surface area contributed by atoms with Crippen molar-refractivity contribution in [2.45, 2.75) is 13.3 Å². The van der Waals surface area contributed by atoms with E-state index in [1.54, 1.807) is 50.4 Å². The summed E-state index contributed by atoms with van der Waals surface area (Å²) in [7, 11) is -1.74. The van der Waals surface area contributed by atoms with Crippen LogP contribution in [0.2, 0.25) is 0 Å². The van der Waals surface area contributed by atoms with Gasteiger partial charge < -0.3 is 14.8 Å². The summed E-state index contributed by atoms with van der Waals surface area (Å²) in [4.78, 5) is 16.4. The second-order valence-corrected chi connectivity index (χ2v) is 7.60. The minimum atomic E-state index is -3.34. The first kappa shape index (κ1) is 20.7. The summed E-state index contributed by atoms with van der Waals surface area (Å²) in [5.41, 5.74) is 0.743. The first-order valence-electron chi connectivity index (χ1n) is 8.45. The van der Waals surface area contributed by atoms with E-state index in [1.807, 2.05) is 0 Å². The summed E-state index contributed by atoms with van der Waals surface area (Å²) in [6, 6.07) is 9.63. The normalized spacial score (nSPS) is 11.0. The lowest BCUT2D eigenvalue weighted by Crippen LogP contribution is -2.25. The average Bonchev–Trinajstić information content (AvgIpc) is 2.67. The lowest BCUT2D eigenvalue weighted by molar-refractivity contribution is 0.0945. The van der Waals surface area contributed by atoms with Crippen LogP contribution in [0.1, 0.15) is 23.7 Å². The van der Waals surface area contributed by atoms with Gasteiger partial charge in [-0.15, -0.1) is 0 Å². The minimum Gasteiger partial charge on any atom is -0.438 e. The molecule has 9 heteroatoms. The number of nitrogens with one attached hydrogen (secondary N) is 2. The molecule has 27 heavy (non-hydrogen) atoms. The summed E-state index contributed by atoms with van der Waals surface area (Å²) < 4.78 is 36.3. The molecule has 1 heterocycles. The number of anilines is 1. The molecule has 0 atom stereocenters. The highest BCUT2D eigenvalue weighted by molar-refractivity contribution is 7.92. The van der Waals surface area contributed by atoms with Crippen LogP contribution in [0.25, 0.3) is 0 Å². The van der Waals surface area contributed by atoms with Gasteiger partial charge in [0.2, 0.25) is 15.9 Å². The molecule has 1 amide bonds. The third kappa shape index (κ3) is 6.54. The summed E-state index contributed by atoms with van der Waals surface area (Å²) in [6.07, 6.45) is 2.23. The Labute approximate surface area is 159 Å². The van der Waals surface area contributed by atoms with E-state index in [-0.39, 0.29) is 17.5 Å². The summed E-state index contributed by atoms with van der Waals surface area (Å²) in [5, 5.41) is 2.79. The maximum absolute atomic E-state index is 12.3. The summed E-state index contributed by atoms with van der Waals surface area (Å²) in [6.45, 7) is 2.60. The van der Waals surface area contributed by atoms with Gasteiger partial charge in [-0.1, -0.05) is 0 Å². The Hall–Kier alpha value is -2.65. The molecule has 0 aliphatic carbocycles. The Morgan fingerprint density at radius 3 is 2.59 bits per heavy atom. The van der Waals surface area contributed by atoms with Gasteiger partial charge in [-0.05, 0) is 49.7 Å². The van der Waals surface area contributed by atoms with Crippen LogP contribution in [0.5, 0.6) is 11.6 Å². The van der Waals surface area contributed by atoms with Crippen molar-refractivity contribution in [2.75, 3.05) is 30.7 Å². The highest BCUT2D eigenvalue weighted by Crippen LogP contribution is 2.24. The molecule has 1 aromatic carbocycles. The molecule has 0 aliphatic heterocycles. The number of amides is 1. The number of sulfonamides is 1. The number of pyridine rings is 1. The second-order valence-electron chi connectivity index (χ2n) is 5.59. The van der Waals surface area contributed by atoms with Gasteiger partial charge in [-0.25, -0.2) is 13.4 Å². The lowest BCUT2D eigenvalue weighted by Gasteiger charge is -2.11. The topological polar surface area (TPSA) is 107 Å². The zero-order valence-corrected chi connectivity index (χ0v) is 16.1. The van der Waals surface area contributed by atoms with Gasteiger partial charge in [0, 0.05) is 32.1 Å². The van der Waals surface area contributed by atoms with Crippen molar-refractivity contribution >= 4 is 21.6 Å². The average molecular weight is 393 g/mol. The number of carbonyl (C=O) groups is 1. The molecule has 2 aromatic rings. The van der Waals surface area contributed by atoms with E-state index in [2.05, 4.69) is 15.0 Å². The maximum Gasteiger partial charge on any atom is 0.256 e. The van der Waals surface area contributed by atoms with E-state index < -0.39 is 10.0 Å². The smallest absolute Gasteiger partial charge is 0.256 e. The van der Waals surface area contributed by atoms with E-state index in [0.29, 0.717) is 36.6 Å². The van der Waals surface area contributed by atoms with Crippen LogP contribution in [0, 0.1) is 0 Å². The molecule has 0 spiro atoms. The third-order valence-electron chi connectivity index (χ3n) is 3.55. The zero-order chi connectivity index (χ0) is 19.7. The number of methoxy groups -OCH3 is 1. The molecule has 0 radical (unpaired) electrons. The van der Waals surface area contributed by atoms with Crippen LogP contribution in [-0.4, -0.2) is 45.3 Å². The van der Waals surface area contributed by atoms with E-state index >= 15 is 0 Å². The van der Waals surface area contributed by atoms with Crippen molar-refractivity contribution in [1.82, 2.24) is 10.3 Å². The zero-order valence-electron chi connectivity index (χ0n) is 15.3. The molecule has 2 N–H and O–H groups in total. The molecule has 1 aromatic heterocycles. The molecule has 0 bridgehead atoms. The number of nitrogens with zero attached hydrogens (tertiary/aromatic N) is 1. The van der Waals surface area contributed by atoms with Crippen molar-refractivity contribution in [1.29, 1.82) is 0 Å². The number of ether oxygens (including phenoxy) is 2. The number of hydrogen-bond donors (Lipinski definition) is 2. The van der Waals surface area contributed by atoms with Gasteiger partial charge in [0.1, 0.15) is 11.3 Å². The fraction of sp³-hybridized carbons (Fsp3) is 0.333. The van der Waals surface area contributed by atoms with Crippen molar-refractivity contribution < 1.29 is 22.7 Å². The number of carbonyl (C=O) groups excluding carboxylic acids is 1. The molecule has 0 saturated carbocycles. The largest absolute Gasteiger partial charge is 0.438 e. The molecule has 8 nitrogen and oxygen atoms in total. The molecule has 0 fully saturated rings. The van der Waals surface area contributed by atoms with Crippen LogP contribution in [0.15, 0.2) is 42.6 Å². The van der Waals surface area contributed by atoms with Crippen molar-refractivity contribution in [3.63, 3.8) is 0 Å². The van der Waals surface area contributed by atoms with E-state index in [1.165, 1.54) is 6.20 Å².